The first-order valence-corrected chi connectivity index (χ1v) is 4.75. The normalized spacial score (nSPS) is 16.7. The minimum atomic E-state index is -0.956. The van der Waals surface area contributed by atoms with Crippen LogP contribution in [0, 0.1) is 5.41 Å². The Kier molecular flexibility index (Phi) is 3.44. The summed E-state index contributed by atoms with van der Waals surface area (Å²) in [5.74, 6) is -1.15. The van der Waals surface area contributed by atoms with Crippen LogP contribution in [0.15, 0.2) is 0 Å². The number of Topliss-reactive ketones (excluding diaryl/α,β-unsaturated/α-hetero) is 1. The van der Waals surface area contributed by atoms with Gasteiger partial charge in [0, 0.05) is 6.42 Å². The molecular weight excluding hydrogens is 200 g/mol. The van der Waals surface area contributed by atoms with Crippen molar-refractivity contribution >= 4 is 17.7 Å². The average molecular weight is 214 g/mol. The zero-order valence-electron chi connectivity index (χ0n) is 8.87. The molecule has 0 bridgehead atoms. The molecule has 15 heavy (non-hydrogen) atoms. The Balaban J connectivity index is 2.47. The summed E-state index contributed by atoms with van der Waals surface area (Å²) in [6, 6.07) is 0. The van der Waals surface area contributed by atoms with E-state index in [4.69, 9.17) is 0 Å². The summed E-state index contributed by atoms with van der Waals surface area (Å²) in [5.41, 5.74) is -0.956. The molecule has 0 aromatic carbocycles. The molecule has 1 aliphatic carbocycles. The number of carbonyl (C=O) groups excluding carboxylic acids is 3. The molecule has 1 saturated carbocycles. The molecule has 0 aliphatic heterocycles. The van der Waals surface area contributed by atoms with E-state index in [9.17, 15) is 14.4 Å². The van der Waals surface area contributed by atoms with Crippen LogP contribution in [-0.4, -0.2) is 31.9 Å². The summed E-state index contributed by atoms with van der Waals surface area (Å²) in [7, 11) is 2.52. The van der Waals surface area contributed by atoms with Crippen molar-refractivity contribution in [3.05, 3.63) is 0 Å². The molecule has 0 radical (unpaired) electrons. The second-order valence-corrected chi connectivity index (χ2v) is 3.57. The van der Waals surface area contributed by atoms with E-state index < -0.39 is 17.4 Å². The first-order valence-electron chi connectivity index (χ1n) is 4.75. The van der Waals surface area contributed by atoms with Gasteiger partial charge in [-0.15, -0.1) is 0 Å². The number of ketones is 1. The lowest BCUT2D eigenvalue weighted by Gasteiger charge is -2.10. The van der Waals surface area contributed by atoms with Crippen molar-refractivity contribution in [3.8, 4) is 0 Å². The molecule has 5 nitrogen and oxygen atoms in total. The van der Waals surface area contributed by atoms with Gasteiger partial charge < -0.3 is 9.47 Å². The molecule has 0 unspecified atom stereocenters. The molecule has 0 spiro atoms. The molecule has 0 atom stereocenters. The van der Waals surface area contributed by atoms with Crippen LogP contribution in [0.4, 0.5) is 0 Å². The number of hydrogen-bond acceptors (Lipinski definition) is 5. The summed E-state index contributed by atoms with van der Waals surface area (Å²) in [4.78, 5) is 33.7. The quantitative estimate of drug-likeness (QED) is 0.491. The minimum absolute atomic E-state index is 0.0219. The van der Waals surface area contributed by atoms with Crippen LogP contribution in [-0.2, 0) is 23.9 Å². The van der Waals surface area contributed by atoms with Crippen LogP contribution >= 0.6 is 0 Å². The maximum absolute atomic E-state index is 11.6. The highest BCUT2D eigenvalue weighted by molar-refractivity contribution is 6.07. The maximum Gasteiger partial charge on any atom is 0.319 e. The molecule has 1 rings (SSSR count). The third-order valence-electron chi connectivity index (χ3n) is 2.64. The lowest BCUT2D eigenvalue weighted by molar-refractivity contribution is -0.152. The van der Waals surface area contributed by atoms with E-state index in [1.807, 2.05) is 0 Å². The van der Waals surface area contributed by atoms with Crippen LogP contribution in [0.5, 0.6) is 0 Å². The van der Waals surface area contributed by atoms with Crippen LogP contribution in [0.2, 0.25) is 0 Å². The number of methoxy groups -OCH3 is 2. The van der Waals surface area contributed by atoms with Crippen molar-refractivity contribution in [1.29, 1.82) is 0 Å². The van der Waals surface area contributed by atoms with E-state index in [0.29, 0.717) is 12.8 Å². The zero-order valence-corrected chi connectivity index (χ0v) is 8.87. The Labute approximate surface area is 87.7 Å². The average Bonchev–Trinajstić information content (AvgIpc) is 3.05. The van der Waals surface area contributed by atoms with E-state index in [2.05, 4.69) is 9.47 Å². The minimum Gasteiger partial charge on any atom is -0.469 e. The van der Waals surface area contributed by atoms with Crippen LogP contribution in [0.25, 0.3) is 0 Å². The van der Waals surface area contributed by atoms with Crippen molar-refractivity contribution in [2.24, 2.45) is 5.41 Å². The topological polar surface area (TPSA) is 69.7 Å². The molecule has 0 aromatic rings. The Hall–Kier alpha value is -1.39. The molecule has 84 valence electrons. The molecule has 0 amide bonds. The van der Waals surface area contributed by atoms with E-state index >= 15 is 0 Å². The molecule has 1 aliphatic rings. The highest BCUT2D eigenvalue weighted by Gasteiger charge is 2.56. The molecular formula is C10H14O5. The molecule has 5 heteroatoms. The summed E-state index contributed by atoms with van der Waals surface area (Å²) >= 11 is 0. The van der Waals surface area contributed by atoms with Gasteiger partial charge in [0.2, 0.25) is 0 Å². The summed E-state index contributed by atoms with van der Waals surface area (Å²) in [6.45, 7) is 0. The van der Waals surface area contributed by atoms with Gasteiger partial charge in [0.05, 0.1) is 20.6 Å². The van der Waals surface area contributed by atoms with E-state index in [-0.39, 0.29) is 18.6 Å². The monoisotopic (exact) mass is 214 g/mol. The van der Waals surface area contributed by atoms with Crippen molar-refractivity contribution in [2.45, 2.75) is 25.7 Å². The summed E-state index contributed by atoms with van der Waals surface area (Å²) < 4.78 is 8.97. The molecule has 1 fully saturated rings. The van der Waals surface area contributed by atoms with Gasteiger partial charge in [-0.25, -0.2) is 0 Å². The number of carbonyl (C=O) groups is 3. The molecule has 0 N–H and O–H groups in total. The van der Waals surface area contributed by atoms with Gasteiger partial charge in [0.1, 0.15) is 5.41 Å². The fourth-order valence-electron chi connectivity index (χ4n) is 1.47. The number of esters is 2. The van der Waals surface area contributed by atoms with Crippen molar-refractivity contribution in [3.63, 3.8) is 0 Å². The third kappa shape index (κ3) is 2.34. The van der Waals surface area contributed by atoms with Gasteiger partial charge in [0.25, 0.3) is 0 Å². The highest BCUT2D eigenvalue weighted by Crippen LogP contribution is 2.48. The Bertz CT molecular complexity index is 290. The van der Waals surface area contributed by atoms with Crippen LogP contribution < -0.4 is 0 Å². The zero-order chi connectivity index (χ0) is 11.5. The van der Waals surface area contributed by atoms with Gasteiger partial charge in [-0.1, -0.05) is 0 Å². The van der Waals surface area contributed by atoms with E-state index in [1.165, 1.54) is 14.2 Å². The lowest BCUT2D eigenvalue weighted by atomic mass is 9.97. The Morgan fingerprint density at radius 1 is 1.07 bits per heavy atom. The third-order valence-corrected chi connectivity index (χ3v) is 2.64. The number of hydrogen-bond donors (Lipinski definition) is 0. The number of ether oxygens (including phenoxy) is 2. The van der Waals surface area contributed by atoms with E-state index in [0.717, 1.165) is 0 Å². The Morgan fingerprint density at radius 2 is 1.67 bits per heavy atom. The molecule has 0 heterocycles. The first-order chi connectivity index (χ1) is 7.06. The van der Waals surface area contributed by atoms with Crippen LogP contribution in [0.1, 0.15) is 25.7 Å². The fraction of sp³-hybridized carbons (Fsp3) is 0.700. The highest BCUT2D eigenvalue weighted by atomic mass is 16.5. The predicted molar refractivity (Wildman–Crippen MR) is 49.9 cm³/mol. The first kappa shape index (κ1) is 11.7. The van der Waals surface area contributed by atoms with Crippen molar-refractivity contribution in [2.75, 3.05) is 14.2 Å². The predicted octanol–water partition coefficient (Wildman–Crippen LogP) is 0.462. The lowest BCUT2D eigenvalue weighted by Crippen LogP contribution is -2.27. The van der Waals surface area contributed by atoms with Gasteiger partial charge in [0.15, 0.2) is 5.78 Å². The largest absolute Gasteiger partial charge is 0.469 e. The summed E-state index contributed by atoms with van der Waals surface area (Å²) in [6.07, 6.45) is 1.12. The van der Waals surface area contributed by atoms with Crippen molar-refractivity contribution < 1.29 is 23.9 Å². The van der Waals surface area contributed by atoms with Gasteiger partial charge >= 0.3 is 11.9 Å². The smallest absolute Gasteiger partial charge is 0.319 e. The molecule has 0 saturated heterocycles. The maximum atomic E-state index is 11.6. The Morgan fingerprint density at radius 3 is 2.07 bits per heavy atom. The van der Waals surface area contributed by atoms with Gasteiger partial charge in [-0.05, 0) is 12.8 Å². The second kappa shape index (κ2) is 4.42. The van der Waals surface area contributed by atoms with Gasteiger partial charge in [-0.2, -0.15) is 0 Å². The van der Waals surface area contributed by atoms with E-state index in [1.54, 1.807) is 0 Å². The fourth-order valence-corrected chi connectivity index (χ4v) is 1.47. The second-order valence-electron chi connectivity index (χ2n) is 3.57. The van der Waals surface area contributed by atoms with Crippen molar-refractivity contribution in [1.82, 2.24) is 0 Å². The summed E-state index contributed by atoms with van der Waals surface area (Å²) in [5, 5.41) is 0. The van der Waals surface area contributed by atoms with Gasteiger partial charge in [-0.3, -0.25) is 14.4 Å². The SMILES string of the molecule is COC(=O)CCC(=O)C1(C(=O)OC)CC1. The standard InChI is InChI=1S/C10H14O5/c1-14-8(12)4-3-7(11)10(5-6-10)9(13)15-2/h3-6H2,1-2H3. The van der Waals surface area contributed by atoms with Crippen LogP contribution in [0.3, 0.4) is 0 Å². The number of rotatable bonds is 5. The molecule has 0 aromatic heterocycles.